The number of halogens is 3. The Hall–Kier alpha value is -1.12. The zero-order valence-electron chi connectivity index (χ0n) is 11.7. The van der Waals surface area contributed by atoms with E-state index < -0.39 is 22.6 Å². The summed E-state index contributed by atoms with van der Waals surface area (Å²) in [6.07, 6.45) is -5.08. The van der Waals surface area contributed by atoms with Crippen LogP contribution in [0.1, 0.15) is 30.4 Å². The second-order valence-corrected chi connectivity index (χ2v) is 6.53. The third-order valence-corrected chi connectivity index (χ3v) is 4.49. The van der Waals surface area contributed by atoms with Crippen LogP contribution in [0, 0.1) is 6.92 Å². The lowest BCUT2D eigenvalue weighted by atomic mass is 10.1. The van der Waals surface area contributed by atoms with E-state index in [1.807, 2.05) is 6.92 Å². The first kappa shape index (κ1) is 17.9. The zero-order chi connectivity index (χ0) is 16.1. The van der Waals surface area contributed by atoms with Gasteiger partial charge < -0.3 is 5.73 Å². The second kappa shape index (κ2) is 7.24. The van der Waals surface area contributed by atoms with Crippen molar-refractivity contribution < 1.29 is 21.6 Å². The number of unbranched alkanes of at least 4 members (excludes halogenated alkanes) is 1. The van der Waals surface area contributed by atoms with Gasteiger partial charge in [0, 0.05) is 19.5 Å². The molecule has 0 aliphatic heterocycles. The van der Waals surface area contributed by atoms with E-state index in [1.165, 1.54) is 12.1 Å². The van der Waals surface area contributed by atoms with Gasteiger partial charge in [0.15, 0.2) is 0 Å². The van der Waals surface area contributed by atoms with Gasteiger partial charge in [-0.05, 0) is 43.0 Å². The van der Waals surface area contributed by atoms with Gasteiger partial charge in [-0.2, -0.15) is 13.2 Å². The summed E-state index contributed by atoms with van der Waals surface area (Å²) in [4.78, 5) is 0.0735. The molecule has 0 aliphatic rings. The highest BCUT2D eigenvalue weighted by Gasteiger charge is 2.26. The van der Waals surface area contributed by atoms with E-state index in [0.29, 0.717) is 0 Å². The maximum absolute atomic E-state index is 12.0. The first-order chi connectivity index (χ1) is 9.65. The minimum Gasteiger partial charge on any atom is -0.326 e. The minimum absolute atomic E-state index is 0.0236. The number of alkyl halides is 3. The molecule has 0 heterocycles. The molecule has 0 aromatic heterocycles. The first-order valence-corrected chi connectivity index (χ1v) is 8.00. The molecule has 1 aromatic rings. The number of hydrogen-bond acceptors (Lipinski definition) is 3. The van der Waals surface area contributed by atoms with Gasteiger partial charge in [-0.3, -0.25) is 0 Å². The number of benzene rings is 1. The minimum atomic E-state index is -4.20. The molecule has 0 spiro atoms. The van der Waals surface area contributed by atoms with Crippen LogP contribution in [-0.4, -0.2) is 21.1 Å². The highest BCUT2D eigenvalue weighted by molar-refractivity contribution is 7.89. The standard InChI is InChI=1S/C13H19F3N2O2S/c1-10-4-5-12(8-11(10)9-17)21(19,20)18-7-3-2-6-13(14,15)16/h4-5,8,18H,2-3,6-7,9,17H2,1H3. The molecule has 0 bridgehead atoms. The molecular formula is C13H19F3N2O2S. The summed E-state index contributed by atoms with van der Waals surface area (Å²) in [5.74, 6) is 0. The van der Waals surface area contributed by atoms with Crippen LogP contribution >= 0.6 is 0 Å². The van der Waals surface area contributed by atoms with Crippen molar-refractivity contribution in [1.82, 2.24) is 4.72 Å². The summed E-state index contributed by atoms with van der Waals surface area (Å²) < 4.78 is 62.1. The van der Waals surface area contributed by atoms with Gasteiger partial charge in [0.05, 0.1) is 4.90 Å². The predicted molar refractivity (Wildman–Crippen MR) is 74.2 cm³/mol. The van der Waals surface area contributed by atoms with E-state index in [-0.39, 0.29) is 30.8 Å². The van der Waals surface area contributed by atoms with Gasteiger partial charge in [0.25, 0.3) is 0 Å². The van der Waals surface area contributed by atoms with E-state index in [9.17, 15) is 21.6 Å². The molecule has 0 saturated heterocycles. The normalized spacial score (nSPS) is 12.6. The SMILES string of the molecule is Cc1ccc(S(=O)(=O)NCCCCC(F)(F)F)cc1CN. The molecule has 8 heteroatoms. The molecule has 21 heavy (non-hydrogen) atoms. The fraction of sp³-hybridized carbons (Fsp3) is 0.538. The van der Waals surface area contributed by atoms with Crippen LogP contribution in [-0.2, 0) is 16.6 Å². The van der Waals surface area contributed by atoms with Gasteiger partial charge in [-0.1, -0.05) is 6.07 Å². The van der Waals surface area contributed by atoms with Crippen LogP contribution < -0.4 is 10.5 Å². The summed E-state index contributed by atoms with van der Waals surface area (Å²) in [7, 11) is -3.71. The molecule has 0 fully saturated rings. The molecule has 0 atom stereocenters. The molecule has 0 amide bonds. The predicted octanol–water partition coefficient (Wildman–Crippen LogP) is 2.46. The van der Waals surface area contributed by atoms with Crippen molar-refractivity contribution in [2.45, 2.75) is 43.8 Å². The molecule has 0 radical (unpaired) electrons. The van der Waals surface area contributed by atoms with Crippen LogP contribution in [0.5, 0.6) is 0 Å². The Labute approximate surface area is 122 Å². The van der Waals surface area contributed by atoms with E-state index in [0.717, 1.165) is 11.1 Å². The molecule has 4 nitrogen and oxygen atoms in total. The highest BCUT2D eigenvalue weighted by Crippen LogP contribution is 2.22. The topological polar surface area (TPSA) is 72.2 Å². The molecule has 0 unspecified atom stereocenters. The van der Waals surface area contributed by atoms with Gasteiger partial charge in [-0.15, -0.1) is 0 Å². The second-order valence-electron chi connectivity index (χ2n) is 4.76. The smallest absolute Gasteiger partial charge is 0.326 e. The monoisotopic (exact) mass is 324 g/mol. The first-order valence-electron chi connectivity index (χ1n) is 6.52. The van der Waals surface area contributed by atoms with Gasteiger partial charge in [-0.25, -0.2) is 13.1 Å². The Morgan fingerprint density at radius 3 is 2.48 bits per heavy atom. The van der Waals surface area contributed by atoms with Gasteiger partial charge in [0.1, 0.15) is 0 Å². The largest absolute Gasteiger partial charge is 0.389 e. The summed E-state index contributed by atoms with van der Waals surface area (Å²) in [5.41, 5.74) is 7.13. The van der Waals surface area contributed by atoms with Crippen molar-refractivity contribution in [3.63, 3.8) is 0 Å². The quantitative estimate of drug-likeness (QED) is 0.757. The summed E-state index contributed by atoms with van der Waals surface area (Å²) >= 11 is 0. The van der Waals surface area contributed by atoms with Crippen molar-refractivity contribution in [2.75, 3.05) is 6.54 Å². The van der Waals surface area contributed by atoms with E-state index in [2.05, 4.69) is 4.72 Å². The Bertz CT molecular complexity index is 571. The van der Waals surface area contributed by atoms with Crippen LogP contribution in [0.15, 0.2) is 23.1 Å². The fourth-order valence-corrected chi connectivity index (χ4v) is 2.90. The van der Waals surface area contributed by atoms with Crippen LogP contribution in [0.2, 0.25) is 0 Å². The maximum atomic E-state index is 12.0. The zero-order valence-corrected chi connectivity index (χ0v) is 12.5. The average molecular weight is 324 g/mol. The Balaban J connectivity index is 2.58. The van der Waals surface area contributed by atoms with Gasteiger partial charge in [0.2, 0.25) is 10.0 Å². The van der Waals surface area contributed by atoms with E-state index in [1.54, 1.807) is 6.07 Å². The summed E-state index contributed by atoms with van der Waals surface area (Å²) in [6.45, 7) is 2.02. The van der Waals surface area contributed by atoms with Crippen molar-refractivity contribution in [1.29, 1.82) is 0 Å². The molecule has 0 aliphatic carbocycles. The molecule has 1 aromatic carbocycles. The number of nitrogens with two attached hydrogens (primary N) is 1. The van der Waals surface area contributed by atoms with Crippen molar-refractivity contribution in [2.24, 2.45) is 5.73 Å². The number of aryl methyl sites for hydroxylation is 1. The van der Waals surface area contributed by atoms with Crippen molar-refractivity contribution >= 4 is 10.0 Å². The third-order valence-electron chi connectivity index (χ3n) is 3.03. The molecular weight excluding hydrogens is 305 g/mol. The highest BCUT2D eigenvalue weighted by atomic mass is 32.2. The summed E-state index contributed by atoms with van der Waals surface area (Å²) in [5, 5.41) is 0. The van der Waals surface area contributed by atoms with Gasteiger partial charge >= 0.3 is 6.18 Å². The number of nitrogens with one attached hydrogen (secondary N) is 1. The Morgan fingerprint density at radius 2 is 1.90 bits per heavy atom. The average Bonchev–Trinajstić information content (AvgIpc) is 2.37. The molecule has 120 valence electrons. The van der Waals surface area contributed by atoms with Crippen molar-refractivity contribution in [3.05, 3.63) is 29.3 Å². The van der Waals surface area contributed by atoms with E-state index >= 15 is 0 Å². The maximum Gasteiger partial charge on any atom is 0.389 e. The molecule has 0 saturated carbocycles. The summed E-state index contributed by atoms with van der Waals surface area (Å²) in [6, 6.07) is 4.58. The number of rotatable bonds is 7. The number of hydrogen-bond donors (Lipinski definition) is 2. The molecule has 1 rings (SSSR count). The lowest BCUT2D eigenvalue weighted by Crippen LogP contribution is -2.25. The third kappa shape index (κ3) is 6.03. The number of sulfonamides is 1. The Kier molecular flexibility index (Phi) is 6.18. The lowest BCUT2D eigenvalue weighted by molar-refractivity contribution is -0.135. The van der Waals surface area contributed by atoms with E-state index in [4.69, 9.17) is 5.73 Å². The molecule has 3 N–H and O–H groups in total. The van der Waals surface area contributed by atoms with Crippen molar-refractivity contribution in [3.8, 4) is 0 Å². The fourth-order valence-electron chi connectivity index (χ4n) is 1.78. The van der Waals surface area contributed by atoms with Crippen LogP contribution in [0.4, 0.5) is 13.2 Å². The Morgan fingerprint density at radius 1 is 1.24 bits per heavy atom. The lowest BCUT2D eigenvalue weighted by Gasteiger charge is -2.10. The van der Waals surface area contributed by atoms with Crippen LogP contribution in [0.25, 0.3) is 0 Å². The van der Waals surface area contributed by atoms with Crippen LogP contribution in [0.3, 0.4) is 0 Å².